The summed E-state index contributed by atoms with van der Waals surface area (Å²) >= 11 is 1.92. The monoisotopic (exact) mass is 480 g/mol. The maximum atomic E-state index is 2.36. The Labute approximate surface area is 216 Å². The van der Waals surface area contributed by atoms with Crippen LogP contribution in [-0.4, -0.2) is 0 Å². The zero-order valence-electron chi connectivity index (χ0n) is 20.9. The minimum Gasteiger partial charge on any atom is -0.135 e. The van der Waals surface area contributed by atoms with Crippen LogP contribution in [0.25, 0.3) is 53.6 Å². The molecule has 6 aromatic rings. The van der Waals surface area contributed by atoms with Gasteiger partial charge in [-0.15, -0.1) is 11.3 Å². The van der Waals surface area contributed by atoms with E-state index < -0.39 is 0 Å². The fraction of sp³-hybridized carbons (Fsp3) is 0.143. The molecule has 0 saturated carbocycles. The molecule has 0 aliphatic heterocycles. The summed E-state index contributed by atoms with van der Waals surface area (Å²) in [6.07, 6.45) is 1.00. The van der Waals surface area contributed by atoms with Crippen molar-refractivity contribution in [2.24, 2.45) is 0 Å². The normalized spacial score (nSPS) is 12.8. The molecule has 0 N–H and O–H groups in total. The molecule has 0 radical (unpaired) electrons. The van der Waals surface area contributed by atoms with E-state index in [-0.39, 0.29) is 5.41 Å². The molecule has 0 atom stereocenters. The summed E-state index contributed by atoms with van der Waals surface area (Å²) in [6.45, 7) is 7.08. The maximum absolute atomic E-state index is 2.36. The van der Waals surface area contributed by atoms with Gasteiger partial charge in [0.05, 0.1) is 0 Å². The molecule has 1 aliphatic rings. The molecular formula is C35H28S. The summed E-state index contributed by atoms with van der Waals surface area (Å²) in [5, 5.41) is 2.71. The Hall–Kier alpha value is -3.68. The van der Waals surface area contributed by atoms with Crippen LogP contribution in [0.3, 0.4) is 0 Å². The lowest BCUT2D eigenvalue weighted by Gasteiger charge is -2.28. The molecule has 1 aliphatic carbocycles. The molecule has 7 rings (SSSR count). The van der Waals surface area contributed by atoms with Gasteiger partial charge in [-0.05, 0) is 68.0 Å². The zero-order chi connectivity index (χ0) is 24.4. The van der Waals surface area contributed by atoms with E-state index >= 15 is 0 Å². The minimum atomic E-state index is -0.0149. The van der Waals surface area contributed by atoms with Crippen molar-refractivity contribution in [2.75, 3.05) is 0 Å². The Morgan fingerprint density at radius 3 is 1.89 bits per heavy atom. The van der Waals surface area contributed by atoms with Gasteiger partial charge in [0.15, 0.2) is 0 Å². The highest BCUT2D eigenvalue weighted by Crippen LogP contribution is 2.48. The summed E-state index contributed by atoms with van der Waals surface area (Å²) in [5.74, 6) is 0. The van der Waals surface area contributed by atoms with Crippen molar-refractivity contribution < 1.29 is 0 Å². The second kappa shape index (κ2) is 7.91. The van der Waals surface area contributed by atoms with Crippen LogP contribution < -0.4 is 0 Å². The molecule has 0 fully saturated rings. The van der Waals surface area contributed by atoms with E-state index in [9.17, 15) is 0 Å². The first-order valence-corrected chi connectivity index (χ1v) is 13.6. The number of rotatable bonds is 2. The van der Waals surface area contributed by atoms with Gasteiger partial charge in [0.25, 0.3) is 0 Å². The van der Waals surface area contributed by atoms with Crippen LogP contribution in [-0.2, 0) is 11.8 Å². The highest BCUT2D eigenvalue weighted by atomic mass is 32.1. The number of thiophene rings is 1. The Morgan fingerprint density at radius 2 is 1.08 bits per heavy atom. The highest BCUT2D eigenvalue weighted by molar-refractivity contribution is 7.26. The second-order valence-corrected chi connectivity index (χ2v) is 12.0. The van der Waals surface area contributed by atoms with E-state index in [4.69, 9.17) is 0 Å². The van der Waals surface area contributed by atoms with Gasteiger partial charge in [-0.2, -0.15) is 0 Å². The van der Waals surface area contributed by atoms with Crippen LogP contribution in [0.4, 0.5) is 0 Å². The van der Waals surface area contributed by atoms with E-state index in [0.717, 1.165) is 6.42 Å². The lowest BCUT2D eigenvalue weighted by molar-refractivity contribution is 0.594. The van der Waals surface area contributed by atoms with Crippen LogP contribution in [0.5, 0.6) is 0 Å². The Kier molecular flexibility index (Phi) is 4.75. The predicted molar refractivity (Wildman–Crippen MR) is 157 cm³/mol. The van der Waals surface area contributed by atoms with Gasteiger partial charge in [0, 0.05) is 20.2 Å². The van der Waals surface area contributed by atoms with Gasteiger partial charge < -0.3 is 0 Å². The smallest absolute Gasteiger partial charge is 0.0433 e. The van der Waals surface area contributed by atoms with Crippen LogP contribution in [0.1, 0.15) is 37.5 Å². The number of fused-ring (bicyclic) bond motifs is 6. The van der Waals surface area contributed by atoms with Crippen molar-refractivity contribution in [3.63, 3.8) is 0 Å². The number of benzene rings is 5. The summed E-state index contributed by atoms with van der Waals surface area (Å²) in [4.78, 5) is 0. The first kappa shape index (κ1) is 21.6. The molecule has 0 nitrogen and oxygen atoms in total. The fourth-order valence-electron chi connectivity index (χ4n) is 6.18. The first-order chi connectivity index (χ1) is 17.5. The van der Waals surface area contributed by atoms with Crippen LogP contribution in [0.2, 0.25) is 0 Å². The first-order valence-electron chi connectivity index (χ1n) is 12.8. The molecule has 0 saturated heterocycles. The minimum absolute atomic E-state index is 0.0149. The molecule has 1 aromatic heterocycles. The molecule has 1 heteroatoms. The van der Waals surface area contributed by atoms with E-state index in [1.165, 1.54) is 70.2 Å². The van der Waals surface area contributed by atoms with Crippen LogP contribution >= 0.6 is 11.3 Å². The molecule has 5 aromatic carbocycles. The van der Waals surface area contributed by atoms with E-state index in [1.807, 2.05) is 11.3 Å². The van der Waals surface area contributed by atoms with Gasteiger partial charge in [0.2, 0.25) is 0 Å². The molecule has 0 amide bonds. The molecule has 174 valence electrons. The average molecular weight is 481 g/mol. The number of hydrogen-bond donors (Lipinski definition) is 0. The van der Waals surface area contributed by atoms with Crippen molar-refractivity contribution in [2.45, 2.75) is 32.6 Å². The average Bonchev–Trinajstić information content (AvgIpc) is 3.46. The Morgan fingerprint density at radius 1 is 0.528 bits per heavy atom. The third kappa shape index (κ3) is 3.20. The van der Waals surface area contributed by atoms with Crippen molar-refractivity contribution in [3.05, 3.63) is 120 Å². The van der Waals surface area contributed by atoms with Crippen LogP contribution in [0.15, 0.2) is 103 Å². The van der Waals surface area contributed by atoms with E-state index in [0.29, 0.717) is 0 Å². The van der Waals surface area contributed by atoms with Crippen molar-refractivity contribution in [1.29, 1.82) is 0 Å². The third-order valence-corrected chi connectivity index (χ3v) is 8.87. The largest absolute Gasteiger partial charge is 0.135 e. The summed E-state index contributed by atoms with van der Waals surface area (Å²) in [6, 6.07) is 38.3. The Bertz CT molecular complexity index is 1790. The highest BCUT2D eigenvalue weighted by Gasteiger charge is 2.28. The van der Waals surface area contributed by atoms with Crippen molar-refractivity contribution in [3.8, 4) is 33.4 Å². The summed E-state index contributed by atoms with van der Waals surface area (Å²) in [7, 11) is 0. The maximum Gasteiger partial charge on any atom is 0.0433 e. The number of hydrogen-bond acceptors (Lipinski definition) is 1. The predicted octanol–water partition coefficient (Wildman–Crippen LogP) is 10.3. The molecule has 0 unspecified atom stereocenters. The van der Waals surface area contributed by atoms with Crippen LogP contribution in [0, 0.1) is 0 Å². The van der Waals surface area contributed by atoms with Gasteiger partial charge in [-0.3, -0.25) is 0 Å². The lowest BCUT2D eigenvalue weighted by Crippen LogP contribution is -2.15. The Balaban J connectivity index is 1.51. The van der Waals surface area contributed by atoms with Crippen molar-refractivity contribution >= 4 is 31.5 Å². The molecule has 0 spiro atoms. The van der Waals surface area contributed by atoms with Gasteiger partial charge in [-0.25, -0.2) is 0 Å². The van der Waals surface area contributed by atoms with Gasteiger partial charge in [-0.1, -0.05) is 118 Å². The second-order valence-electron chi connectivity index (χ2n) is 10.9. The summed E-state index contributed by atoms with van der Waals surface area (Å²) in [5.41, 5.74) is 12.5. The lowest BCUT2D eigenvalue weighted by atomic mass is 9.76. The van der Waals surface area contributed by atoms with Crippen molar-refractivity contribution in [1.82, 2.24) is 0 Å². The topological polar surface area (TPSA) is 0 Å². The summed E-state index contributed by atoms with van der Waals surface area (Å²) < 4.78 is 2.74. The standard InChI is InChI=1S/C35H28S/c1-35(2,3)33-27(25-15-8-14-24-23-12-5-4-11-22(23)21-31(24)25)16-9-17-28(33)30-19-10-18-29-26-13-6-7-20-32(26)36-34(29)30/h4-20H,21H2,1-3H3. The van der Waals surface area contributed by atoms with Gasteiger partial charge in [0.1, 0.15) is 0 Å². The molecule has 0 bridgehead atoms. The van der Waals surface area contributed by atoms with E-state index in [2.05, 4.69) is 124 Å². The zero-order valence-corrected chi connectivity index (χ0v) is 21.7. The third-order valence-electron chi connectivity index (χ3n) is 7.65. The SMILES string of the molecule is CC(C)(C)c1c(-c2cccc3c2Cc2ccccc2-3)cccc1-c1cccc2c1sc1ccccc12. The van der Waals surface area contributed by atoms with Gasteiger partial charge >= 0.3 is 0 Å². The van der Waals surface area contributed by atoms with E-state index in [1.54, 1.807) is 0 Å². The molecule has 1 heterocycles. The molecule has 36 heavy (non-hydrogen) atoms. The molecular weight excluding hydrogens is 452 g/mol. The quantitative estimate of drug-likeness (QED) is 0.231. The fourth-order valence-corrected chi connectivity index (χ4v) is 7.41.